The summed E-state index contributed by atoms with van der Waals surface area (Å²) in [6.45, 7) is 6.88. The Bertz CT molecular complexity index is 352. The van der Waals surface area contributed by atoms with Gasteiger partial charge in [0.2, 0.25) is 0 Å². The molecule has 0 aliphatic heterocycles. The molecular weight excluding hydrogens is 226 g/mol. The monoisotopic (exact) mass is 249 g/mol. The first-order valence-corrected chi connectivity index (χ1v) is 7.72. The fourth-order valence-electron chi connectivity index (χ4n) is 2.32. The predicted octanol–water partition coefficient (Wildman–Crippen LogP) is 3.93. The van der Waals surface area contributed by atoms with Crippen LogP contribution in [0.3, 0.4) is 0 Å². The quantitative estimate of drug-likeness (QED) is 0.767. The van der Waals surface area contributed by atoms with E-state index in [4.69, 9.17) is 0 Å². The first-order valence-electron chi connectivity index (χ1n) is 6.50. The summed E-state index contributed by atoms with van der Waals surface area (Å²) in [6.07, 6.45) is 4.93. The van der Waals surface area contributed by atoms with Crippen LogP contribution in [0.2, 0.25) is 0 Å². The van der Waals surface area contributed by atoms with E-state index < -0.39 is 0 Å². The third-order valence-electron chi connectivity index (χ3n) is 4.08. The van der Waals surface area contributed by atoms with Gasteiger partial charge in [-0.2, -0.15) is 0 Å². The molecule has 1 aliphatic carbocycles. The molecule has 0 bridgehead atoms. The summed E-state index contributed by atoms with van der Waals surface area (Å²) in [5, 5.41) is 3.62. The lowest BCUT2D eigenvalue weighted by molar-refractivity contribution is 0.338. The van der Waals surface area contributed by atoms with Gasteiger partial charge in [0.25, 0.3) is 0 Å². The molecule has 1 aromatic rings. The summed E-state index contributed by atoms with van der Waals surface area (Å²) in [5.74, 6) is 0.814. The molecule has 0 aromatic heterocycles. The fraction of sp³-hybridized carbons (Fsp3) is 0.600. The molecule has 1 saturated carbocycles. The van der Waals surface area contributed by atoms with E-state index in [9.17, 15) is 0 Å². The third kappa shape index (κ3) is 3.26. The summed E-state index contributed by atoms with van der Waals surface area (Å²) in [4.78, 5) is 1.34. The summed E-state index contributed by atoms with van der Waals surface area (Å²) < 4.78 is 0. The topological polar surface area (TPSA) is 12.0 Å². The lowest BCUT2D eigenvalue weighted by Crippen LogP contribution is -2.27. The maximum Gasteiger partial charge on any atom is 0.0205 e. The normalized spacial score (nSPS) is 17.4. The summed E-state index contributed by atoms with van der Waals surface area (Å²) >= 11 is 1.80. The highest BCUT2D eigenvalue weighted by atomic mass is 32.2. The van der Waals surface area contributed by atoms with Gasteiger partial charge in [0.15, 0.2) is 0 Å². The zero-order valence-electron chi connectivity index (χ0n) is 11.1. The van der Waals surface area contributed by atoms with Crippen LogP contribution in [-0.4, -0.2) is 12.8 Å². The van der Waals surface area contributed by atoms with Crippen molar-refractivity contribution in [2.45, 2.75) is 38.1 Å². The van der Waals surface area contributed by atoms with Crippen molar-refractivity contribution < 1.29 is 0 Å². The highest BCUT2D eigenvalue weighted by Crippen LogP contribution is 2.51. The fourth-order valence-corrected chi connectivity index (χ4v) is 2.73. The first-order chi connectivity index (χ1) is 8.16. The Hall–Kier alpha value is -0.470. The number of thioether (sulfide) groups is 1. The molecule has 1 fully saturated rings. The zero-order valence-corrected chi connectivity index (χ0v) is 11.9. The number of hydrogen-bond donors (Lipinski definition) is 1. The molecular formula is C15H23NS. The molecule has 1 aromatic carbocycles. The van der Waals surface area contributed by atoms with E-state index in [0.717, 1.165) is 12.5 Å². The molecule has 2 rings (SSSR count). The van der Waals surface area contributed by atoms with E-state index >= 15 is 0 Å². The standard InChI is InChI=1S/C15H23NS/c1-12(2)15(8-9-15)11-16-10-13-4-6-14(17-3)7-5-13/h4-7,12,16H,8-11H2,1-3H3. The van der Waals surface area contributed by atoms with E-state index in [0.29, 0.717) is 5.41 Å². The molecule has 17 heavy (non-hydrogen) atoms. The van der Waals surface area contributed by atoms with Gasteiger partial charge in [-0.05, 0) is 48.1 Å². The van der Waals surface area contributed by atoms with Crippen LogP contribution in [0.1, 0.15) is 32.3 Å². The average molecular weight is 249 g/mol. The Labute approximate surface area is 109 Å². The largest absolute Gasteiger partial charge is 0.312 e. The van der Waals surface area contributed by atoms with Gasteiger partial charge in [0.1, 0.15) is 0 Å². The van der Waals surface area contributed by atoms with E-state index in [1.807, 2.05) is 0 Å². The molecule has 0 unspecified atom stereocenters. The van der Waals surface area contributed by atoms with Crippen molar-refractivity contribution in [3.63, 3.8) is 0 Å². The van der Waals surface area contributed by atoms with Crippen LogP contribution in [0.15, 0.2) is 29.2 Å². The van der Waals surface area contributed by atoms with Crippen LogP contribution in [0, 0.1) is 11.3 Å². The maximum absolute atomic E-state index is 3.62. The molecule has 0 amide bonds. The van der Waals surface area contributed by atoms with Gasteiger partial charge in [-0.25, -0.2) is 0 Å². The second-order valence-electron chi connectivity index (χ2n) is 5.47. The highest BCUT2D eigenvalue weighted by Gasteiger charge is 2.44. The van der Waals surface area contributed by atoms with Crippen molar-refractivity contribution in [2.75, 3.05) is 12.8 Å². The van der Waals surface area contributed by atoms with Crippen LogP contribution in [-0.2, 0) is 6.54 Å². The molecule has 0 saturated heterocycles. The van der Waals surface area contributed by atoms with E-state index in [-0.39, 0.29) is 0 Å². The van der Waals surface area contributed by atoms with Gasteiger partial charge in [0.05, 0.1) is 0 Å². The van der Waals surface area contributed by atoms with Crippen molar-refractivity contribution in [1.82, 2.24) is 5.32 Å². The van der Waals surface area contributed by atoms with Gasteiger partial charge in [-0.1, -0.05) is 26.0 Å². The maximum atomic E-state index is 3.62. The second-order valence-corrected chi connectivity index (χ2v) is 6.35. The van der Waals surface area contributed by atoms with E-state index in [2.05, 4.69) is 49.7 Å². The van der Waals surface area contributed by atoms with Crippen molar-refractivity contribution in [2.24, 2.45) is 11.3 Å². The minimum absolute atomic E-state index is 0.610. The van der Waals surface area contributed by atoms with Gasteiger partial charge in [-0.3, -0.25) is 0 Å². The van der Waals surface area contributed by atoms with Crippen molar-refractivity contribution in [1.29, 1.82) is 0 Å². The molecule has 94 valence electrons. The number of nitrogens with one attached hydrogen (secondary N) is 1. The average Bonchev–Trinajstić information content (AvgIpc) is 3.11. The van der Waals surface area contributed by atoms with Gasteiger partial charge in [0, 0.05) is 18.0 Å². The molecule has 1 aliphatic rings. The van der Waals surface area contributed by atoms with Crippen LogP contribution < -0.4 is 5.32 Å². The number of hydrogen-bond acceptors (Lipinski definition) is 2. The van der Waals surface area contributed by atoms with Crippen molar-refractivity contribution in [3.8, 4) is 0 Å². The lowest BCUT2D eigenvalue weighted by Gasteiger charge is -2.20. The van der Waals surface area contributed by atoms with Crippen LogP contribution in [0.25, 0.3) is 0 Å². The third-order valence-corrected chi connectivity index (χ3v) is 4.83. The second kappa shape index (κ2) is 5.45. The molecule has 1 N–H and O–H groups in total. The Morgan fingerprint density at radius 3 is 2.35 bits per heavy atom. The van der Waals surface area contributed by atoms with Gasteiger partial charge >= 0.3 is 0 Å². The highest BCUT2D eigenvalue weighted by molar-refractivity contribution is 7.98. The van der Waals surface area contributed by atoms with E-state index in [1.165, 1.54) is 29.8 Å². The zero-order chi connectivity index (χ0) is 12.3. The lowest BCUT2D eigenvalue weighted by atomic mass is 9.92. The molecule has 1 nitrogen and oxygen atoms in total. The summed E-state index contributed by atoms with van der Waals surface area (Å²) in [7, 11) is 0. The predicted molar refractivity (Wildman–Crippen MR) is 76.4 cm³/mol. The minimum atomic E-state index is 0.610. The summed E-state index contributed by atoms with van der Waals surface area (Å²) in [6, 6.07) is 8.87. The van der Waals surface area contributed by atoms with Crippen LogP contribution >= 0.6 is 11.8 Å². The van der Waals surface area contributed by atoms with Gasteiger partial charge in [-0.15, -0.1) is 11.8 Å². The number of rotatable bonds is 6. The van der Waals surface area contributed by atoms with Crippen molar-refractivity contribution in [3.05, 3.63) is 29.8 Å². The first kappa shape index (κ1) is 13.0. The number of benzene rings is 1. The van der Waals surface area contributed by atoms with Crippen LogP contribution in [0.5, 0.6) is 0 Å². The van der Waals surface area contributed by atoms with E-state index in [1.54, 1.807) is 11.8 Å². The molecule has 0 atom stereocenters. The van der Waals surface area contributed by atoms with Crippen molar-refractivity contribution >= 4 is 11.8 Å². The molecule has 0 heterocycles. The smallest absolute Gasteiger partial charge is 0.0205 e. The van der Waals surface area contributed by atoms with Crippen LogP contribution in [0.4, 0.5) is 0 Å². The SMILES string of the molecule is CSc1ccc(CNCC2(C(C)C)CC2)cc1. The Kier molecular flexibility index (Phi) is 4.16. The Morgan fingerprint density at radius 1 is 1.24 bits per heavy atom. The van der Waals surface area contributed by atoms with Gasteiger partial charge < -0.3 is 5.32 Å². The molecule has 0 radical (unpaired) electrons. The minimum Gasteiger partial charge on any atom is -0.312 e. The Morgan fingerprint density at radius 2 is 1.88 bits per heavy atom. The molecule has 0 spiro atoms. The Balaban J connectivity index is 1.78. The molecule has 2 heteroatoms. The summed E-state index contributed by atoms with van der Waals surface area (Å²) in [5.41, 5.74) is 2.00.